The molecule has 0 aliphatic carbocycles. The predicted molar refractivity (Wildman–Crippen MR) is 88.0 cm³/mol. The van der Waals surface area contributed by atoms with E-state index in [-0.39, 0.29) is 6.04 Å². The number of carboxylic acids is 1. The fraction of sp³-hybridized carbons (Fsp3) is 0.278. The molecule has 0 radical (unpaired) electrons. The number of halogens is 1. The summed E-state index contributed by atoms with van der Waals surface area (Å²) in [6.07, 6.45) is 1.71. The van der Waals surface area contributed by atoms with E-state index in [0.717, 1.165) is 41.1 Å². The molecule has 0 aromatic heterocycles. The second-order valence-corrected chi connectivity index (χ2v) is 6.11. The fourth-order valence-electron chi connectivity index (χ4n) is 2.97. The van der Waals surface area contributed by atoms with E-state index in [1.165, 1.54) is 0 Å². The Morgan fingerprint density at radius 2 is 1.68 bits per heavy atom. The second kappa shape index (κ2) is 6.51. The maximum atomic E-state index is 11.2. The highest BCUT2D eigenvalue weighted by atomic mass is 35.5. The van der Waals surface area contributed by atoms with Crippen LogP contribution in [0.2, 0.25) is 5.02 Å². The summed E-state index contributed by atoms with van der Waals surface area (Å²) in [7, 11) is 0. The van der Waals surface area contributed by atoms with Crippen LogP contribution < -0.4 is 0 Å². The van der Waals surface area contributed by atoms with Crippen molar-refractivity contribution in [2.24, 2.45) is 0 Å². The molecule has 1 atom stereocenters. The first-order valence-electron chi connectivity index (χ1n) is 7.45. The Hall–Kier alpha value is -1.84. The van der Waals surface area contributed by atoms with Crippen molar-refractivity contribution in [1.29, 1.82) is 0 Å². The van der Waals surface area contributed by atoms with Crippen LogP contribution >= 0.6 is 11.6 Å². The highest BCUT2D eigenvalue weighted by molar-refractivity contribution is 6.30. The van der Waals surface area contributed by atoms with Gasteiger partial charge in [0.05, 0.1) is 0 Å². The number of benzene rings is 2. The molecule has 0 spiro atoms. The van der Waals surface area contributed by atoms with E-state index in [2.05, 4.69) is 24.3 Å². The maximum absolute atomic E-state index is 11.2. The van der Waals surface area contributed by atoms with E-state index in [1.807, 2.05) is 29.2 Å². The Morgan fingerprint density at radius 1 is 1.09 bits per heavy atom. The van der Waals surface area contributed by atoms with Gasteiger partial charge in [-0.3, -0.25) is 9.69 Å². The van der Waals surface area contributed by atoms with Crippen LogP contribution in [0.3, 0.4) is 0 Å². The lowest BCUT2D eigenvalue weighted by atomic mass is 10.0. The molecule has 0 saturated carbocycles. The van der Waals surface area contributed by atoms with Crippen molar-refractivity contribution in [3.8, 4) is 11.1 Å². The van der Waals surface area contributed by atoms with Gasteiger partial charge in [0.25, 0.3) is 0 Å². The second-order valence-electron chi connectivity index (χ2n) is 5.67. The van der Waals surface area contributed by atoms with Crippen LogP contribution in [-0.2, 0) is 11.3 Å². The van der Waals surface area contributed by atoms with Gasteiger partial charge >= 0.3 is 5.97 Å². The van der Waals surface area contributed by atoms with E-state index in [4.69, 9.17) is 11.6 Å². The molecule has 0 bridgehead atoms. The molecule has 1 N–H and O–H groups in total. The largest absolute Gasteiger partial charge is 0.480 e. The van der Waals surface area contributed by atoms with Crippen LogP contribution in [0.1, 0.15) is 18.4 Å². The van der Waals surface area contributed by atoms with Crippen LogP contribution in [0.4, 0.5) is 0 Å². The van der Waals surface area contributed by atoms with Crippen molar-refractivity contribution in [1.82, 2.24) is 4.90 Å². The number of hydrogen-bond donors (Lipinski definition) is 1. The number of nitrogens with zero attached hydrogens (tertiary/aromatic N) is 1. The van der Waals surface area contributed by atoms with Gasteiger partial charge in [-0.25, -0.2) is 0 Å². The Kier molecular flexibility index (Phi) is 4.46. The average Bonchev–Trinajstić information content (AvgIpc) is 2.97. The standard InChI is InChI=1S/C18H18ClNO2/c19-16-9-7-15(8-10-16)14-5-3-13(4-6-14)12-20-11-1-2-17(20)18(21)22/h3-10,17H,1-2,11-12H2,(H,21,22)/t17-/m1/s1. The van der Waals surface area contributed by atoms with E-state index in [9.17, 15) is 9.90 Å². The zero-order chi connectivity index (χ0) is 15.5. The summed E-state index contributed by atoms with van der Waals surface area (Å²) in [6, 6.07) is 15.7. The first-order valence-corrected chi connectivity index (χ1v) is 7.83. The Balaban J connectivity index is 1.71. The number of carbonyl (C=O) groups is 1. The van der Waals surface area contributed by atoms with Gasteiger partial charge < -0.3 is 5.11 Å². The number of rotatable bonds is 4. The molecule has 3 rings (SSSR count). The van der Waals surface area contributed by atoms with Crippen LogP contribution in [0.25, 0.3) is 11.1 Å². The molecule has 2 aromatic rings. The molecule has 22 heavy (non-hydrogen) atoms. The monoisotopic (exact) mass is 315 g/mol. The molecule has 1 aliphatic rings. The maximum Gasteiger partial charge on any atom is 0.320 e. The fourth-order valence-corrected chi connectivity index (χ4v) is 3.10. The Bertz CT molecular complexity index is 652. The lowest BCUT2D eigenvalue weighted by molar-refractivity contribution is -0.142. The Morgan fingerprint density at radius 3 is 2.27 bits per heavy atom. The third-order valence-corrected chi connectivity index (χ3v) is 4.42. The summed E-state index contributed by atoms with van der Waals surface area (Å²) in [6.45, 7) is 1.55. The lowest BCUT2D eigenvalue weighted by Gasteiger charge is -2.21. The minimum Gasteiger partial charge on any atom is -0.480 e. The molecule has 3 nitrogen and oxygen atoms in total. The van der Waals surface area contributed by atoms with Gasteiger partial charge in [0, 0.05) is 11.6 Å². The summed E-state index contributed by atoms with van der Waals surface area (Å²) in [5, 5.41) is 9.96. The SMILES string of the molecule is O=C(O)[C@H]1CCCN1Cc1ccc(-c2ccc(Cl)cc2)cc1. The molecule has 0 amide bonds. The van der Waals surface area contributed by atoms with E-state index >= 15 is 0 Å². The van der Waals surface area contributed by atoms with E-state index < -0.39 is 5.97 Å². The normalized spacial score (nSPS) is 18.5. The van der Waals surface area contributed by atoms with Gasteiger partial charge in [-0.1, -0.05) is 48.0 Å². The van der Waals surface area contributed by atoms with Gasteiger partial charge in [-0.15, -0.1) is 0 Å². The first kappa shape index (κ1) is 15.1. The summed E-state index contributed by atoms with van der Waals surface area (Å²) >= 11 is 5.91. The molecule has 0 unspecified atom stereocenters. The third kappa shape index (κ3) is 3.32. The molecule has 114 valence electrons. The zero-order valence-electron chi connectivity index (χ0n) is 12.2. The number of likely N-dealkylation sites (tertiary alicyclic amines) is 1. The minimum absolute atomic E-state index is 0.337. The van der Waals surface area contributed by atoms with Crippen molar-refractivity contribution in [2.45, 2.75) is 25.4 Å². The Labute approximate surface area is 135 Å². The van der Waals surface area contributed by atoms with Crippen molar-refractivity contribution in [3.63, 3.8) is 0 Å². The molecular formula is C18H18ClNO2. The molecular weight excluding hydrogens is 298 g/mol. The van der Waals surface area contributed by atoms with Gasteiger partial charge in [-0.05, 0) is 48.2 Å². The smallest absolute Gasteiger partial charge is 0.320 e. The van der Waals surface area contributed by atoms with E-state index in [0.29, 0.717) is 6.54 Å². The zero-order valence-corrected chi connectivity index (χ0v) is 13.0. The summed E-state index contributed by atoms with van der Waals surface area (Å²) in [5.41, 5.74) is 3.41. The molecule has 4 heteroatoms. The minimum atomic E-state index is -0.713. The van der Waals surface area contributed by atoms with Gasteiger partial charge in [0.2, 0.25) is 0 Å². The summed E-state index contributed by atoms with van der Waals surface area (Å²) < 4.78 is 0. The van der Waals surface area contributed by atoms with Crippen molar-refractivity contribution in [3.05, 3.63) is 59.1 Å². The highest BCUT2D eigenvalue weighted by Gasteiger charge is 2.30. The highest BCUT2D eigenvalue weighted by Crippen LogP contribution is 2.24. The predicted octanol–water partition coefficient (Wildman–Crippen LogP) is 4.06. The average molecular weight is 316 g/mol. The molecule has 1 saturated heterocycles. The van der Waals surface area contributed by atoms with Crippen molar-refractivity contribution in [2.75, 3.05) is 6.54 Å². The number of carboxylic acid groups (broad SMARTS) is 1. The quantitative estimate of drug-likeness (QED) is 0.925. The lowest BCUT2D eigenvalue weighted by Crippen LogP contribution is -2.35. The van der Waals surface area contributed by atoms with Crippen LogP contribution in [0, 0.1) is 0 Å². The first-order chi connectivity index (χ1) is 10.6. The number of aliphatic carboxylic acids is 1. The molecule has 2 aromatic carbocycles. The van der Waals surface area contributed by atoms with Crippen LogP contribution in [-0.4, -0.2) is 28.6 Å². The van der Waals surface area contributed by atoms with E-state index in [1.54, 1.807) is 0 Å². The van der Waals surface area contributed by atoms with Gasteiger partial charge in [0.15, 0.2) is 0 Å². The molecule has 1 fully saturated rings. The van der Waals surface area contributed by atoms with Gasteiger partial charge in [0.1, 0.15) is 6.04 Å². The van der Waals surface area contributed by atoms with Gasteiger partial charge in [-0.2, -0.15) is 0 Å². The topological polar surface area (TPSA) is 40.5 Å². The van der Waals surface area contributed by atoms with Crippen LogP contribution in [0.5, 0.6) is 0 Å². The van der Waals surface area contributed by atoms with Crippen molar-refractivity contribution >= 4 is 17.6 Å². The van der Waals surface area contributed by atoms with Crippen LogP contribution in [0.15, 0.2) is 48.5 Å². The summed E-state index contributed by atoms with van der Waals surface area (Å²) in [4.78, 5) is 13.3. The summed E-state index contributed by atoms with van der Waals surface area (Å²) in [5.74, 6) is -0.713. The third-order valence-electron chi connectivity index (χ3n) is 4.17. The number of hydrogen-bond acceptors (Lipinski definition) is 2. The molecule has 1 aliphatic heterocycles. The van der Waals surface area contributed by atoms with Crippen molar-refractivity contribution < 1.29 is 9.90 Å². The molecule has 1 heterocycles.